The number of nitrogens with two attached hydrogens (primary N) is 1. The maximum Gasteiger partial charge on any atom is 0.410 e. The number of carbonyl (C=O) groups is 2. The summed E-state index contributed by atoms with van der Waals surface area (Å²) in [5.41, 5.74) is 4.40. The third kappa shape index (κ3) is 3.55. The summed E-state index contributed by atoms with van der Waals surface area (Å²) < 4.78 is 5.61. The first kappa shape index (κ1) is 17.1. The van der Waals surface area contributed by atoms with Gasteiger partial charge in [0.25, 0.3) is 0 Å². The molecule has 5 heteroatoms. The molecule has 2 fully saturated rings. The predicted molar refractivity (Wildman–Crippen MR) is 85.2 cm³/mol. The van der Waals surface area contributed by atoms with Crippen LogP contribution in [0, 0.1) is 11.3 Å². The minimum Gasteiger partial charge on any atom is -0.444 e. The van der Waals surface area contributed by atoms with Gasteiger partial charge in [-0.05, 0) is 52.4 Å². The summed E-state index contributed by atoms with van der Waals surface area (Å²) in [6, 6.07) is 0.316. The van der Waals surface area contributed by atoms with Crippen LogP contribution in [0.5, 0.6) is 0 Å². The van der Waals surface area contributed by atoms with E-state index in [4.69, 9.17) is 10.5 Å². The standard InChI is InChI=1S/C17H30N2O3/c1-16(2,3)22-15(21)19-12(10-17(4,5)14(18)20)9-11-7-6-8-13(11)19/h11-13H,6-10H2,1-5H3,(H2,18,20)/t11-,12-,13-/m1/s1. The van der Waals surface area contributed by atoms with Gasteiger partial charge in [-0.3, -0.25) is 4.79 Å². The Labute approximate surface area is 133 Å². The maximum atomic E-state index is 12.7. The number of ether oxygens (including phenoxy) is 1. The molecule has 1 aliphatic carbocycles. The number of fused-ring (bicyclic) bond motifs is 1. The lowest BCUT2D eigenvalue weighted by Gasteiger charge is -2.35. The first-order valence-corrected chi connectivity index (χ1v) is 8.32. The second kappa shape index (κ2) is 5.74. The first-order valence-electron chi connectivity index (χ1n) is 8.32. The van der Waals surface area contributed by atoms with Crippen LogP contribution in [0.4, 0.5) is 4.79 Å². The average Bonchev–Trinajstić information content (AvgIpc) is 2.84. The van der Waals surface area contributed by atoms with E-state index in [9.17, 15) is 9.59 Å². The highest BCUT2D eigenvalue weighted by Gasteiger charge is 2.49. The number of hydrogen-bond donors (Lipinski definition) is 1. The molecule has 1 saturated carbocycles. The van der Waals surface area contributed by atoms with Gasteiger partial charge in [0.1, 0.15) is 5.60 Å². The van der Waals surface area contributed by atoms with E-state index < -0.39 is 11.0 Å². The summed E-state index contributed by atoms with van der Waals surface area (Å²) in [7, 11) is 0. The zero-order valence-corrected chi connectivity index (χ0v) is 14.5. The molecule has 0 radical (unpaired) electrons. The summed E-state index contributed by atoms with van der Waals surface area (Å²) in [6.07, 6.45) is 4.69. The van der Waals surface area contributed by atoms with Crippen molar-refractivity contribution in [3.8, 4) is 0 Å². The van der Waals surface area contributed by atoms with Gasteiger partial charge >= 0.3 is 6.09 Å². The highest BCUT2D eigenvalue weighted by Crippen LogP contribution is 2.44. The van der Waals surface area contributed by atoms with Crippen LogP contribution in [0.1, 0.15) is 66.7 Å². The van der Waals surface area contributed by atoms with Crippen LogP contribution >= 0.6 is 0 Å². The molecule has 3 atom stereocenters. The van der Waals surface area contributed by atoms with Crippen molar-refractivity contribution in [2.75, 3.05) is 0 Å². The van der Waals surface area contributed by atoms with E-state index in [1.54, 1.807) is 0 Å². The van der Waals surface area contributed by atoms with Gasteiger partial charge in [0.2, 0.25) is 5.91 Å². The fraction of sp³-hybridized carbons (Fsp3) is 0.882. The van der Waals surface area contributed by atoms with E-state index in [1.807, 2.05) is 39.5 Å². The van der Waals surface area contributed by atoms with Gasteiger partial charge < -0.3 is 15.4 Å². The molecule has 0 aromatic carbocycles. The fourth-order valence-corrected chi connectivity index (χ4v) is 3.86. The topological polar surface area (TPSA) is 72.6 Å². The number of likely N-dealkylation sites (tertiary alicyclic amines) is 1. The molecular weight excluding hydrogens is 280 g/mol. The Morgan fingerprint density at radius 2 is 1.82 bits per heavy atom. The fourth-order valence-electron chi connectivity index (χ4n) is 3.86. The number of primary amides is 1. The summed E-state index contributed by atoms with van der Waals surface area (Å²) in [4.78, 5) is 26.2. The van der Waals surface area contributed by atoms with Crippen molar-refractivity contribution < 1.29 is 14.3 Å². The van der Waals surface area contributed by atoms with Crippen molar-refractivity contribution in [3.05, 3.63) is 0 Å². The van der Waals surface area contributed by atoms with Crippen LogP contribution in [0.3, 0.4) is 0 Å². The van der Waals surface area contributed by atoms with E-state index in [0.29, 0.717) is 12.3 Å². The van der Waals surface area contributed by atoms with E-state index in [0.717, 1.165) is 19.3 Å². The van der Waals surface area contributed by atoms with Gasteiger partial charge in [0.05, 0.1) is 0 Å². The zero-order valence-electron chi connectivity index (χ0n) is 14.5. The third-order valence-corrected chi connectivity index (χ3v) is 4.96. The Morgan fingerprint density at radius 3 is 2.36 bits per heavy atom. The molecule has 22 heavy (non-hydrogen) atoms. The van der Waals surface area contributed by atoms with Crippen LogP contribution in [0.2, 0.25) is 0 Å². The Kier molecular flexibility index (Phi) is 4.46. The molecule has 5 nitrogen and oxygen atoms in total. The summed E-state index contributed by atoms with van der Waals surface area (Å²) in [5, 5.41) is 0. The van der Waals surface area contributed by atoms with E-state index in [1.165, 1.54) is 6.42 Å². The number of hydrogen-bond acceptors (Lipinski definition) is 3. The molecule has 2 N–H and O–H groups in total. The van der Waals surface area contributed by atoms with Crippen molar-refractivity contribution in [2.24, 2.45) is 17.1 Å². The molecular formula is C17H30N2O3. The summed E-state index contributed by atoms with van der Waals surface area (Å²) in [5.74, 6) is 0.231. The minimum absolute atomic E-state index is 0.0487. The van der Waals surface area contributed by atoms with Gasteiger partial charge in [-0.25, -0.2) is 4.79 Å². The number of amides is 2. The third-order valence-electron chi connectivity index (χ3n) is 4.96. The summed E-state index contributed by atoms with van der Waals surface area (Å²) in [6.45, 7) is 9.37. The molecule has 126 valence electrons. The second-order valence-electron chi connectivity index (χ2n) is 8.49. The quantitative estimate of drug-likeness (QED) is 0.870. The Hall–Kier alpha value is -1.26. The van der Waals surface area contributed by atoms with Crippen molar-refractivity contribution in [3.63, 3.8) is 0 Å². The molecule has 0 aromatic rings. The van der Waals surface area contributed by atoms with Crippen molar-refractivity contribution in [1.82, 2.24) is 4.90 Å². The van der Waals surface area contributed by atoms with E-state index >= 15 is 0 Å². The molecule has 0 unspecified atom stereocenters. The second-order valence-corrected chi connectivity index (χ2v) is 8.49. The molecule has 2 amide bonds. The largest absolute Gasteiger partial charge is 0.444 e. The molecule has 0 spiro atoms. The Bertz CT molecular complexity index is 453. The molecule has 1 saturated heterocycles. The van der Waals surface area contributed by atoms with Gasteiger partial charge in [-0.2, -0.15) is 0 Å². The van der Waals surface area contributed by atoms with Crippen molar-refractivity contribution >= 4 is 12.0 Å². The number of carbonyl (C=O) groups excluding carboxylic acids is 2. The SMILES string of the molecule is CC(C)(C)OC(=O)N1[C@@H](CC(C)(C)C(N)=O)C[C@H]2CCC[C@H]21. The molecule has 0 bridgehead atoms. The Morgan fingerprint density at radius 1 is 1.18 bits per heavy atom. The van der Waals surface area contributed by atoms with Crippen molar-refractivity contribution in [1.29, 1.82) is 0 Å². The van der Waals surface area contributed by atoms with Gasteiger partial charge in [0.15, 0.2) is 0 Å². The smallest absolute Gasteiger partial charge is 0.410 e. The lowest BCUT2D eigenvalue weighted by atomic mass is 9.83. The number of rotatable bonds is 3. The zero-order chi connectivity index (χ0) is 16.7. The lowest BCUT2D eigenvalue weighted by Crippen LogP contribution is -2.47. The molecule has 0 aromatic heterocycles. The summed E-state index contributed by atoms with van der Waals surface area (Å²) >= 11 is 0. The van der Waals surface area contributed by atoms with Crippen LogP contribution in [-0.4, -0.2) is 34.6 Å². The van der Waals surface area contributed by atoms with E-state index in [2.05, 4.69) is 0 Å². The number of nitrogens with zero attached hydrogens (tertiary/aromatic N) is 1. The van der Waals surface area contributed by atoms with Crippen LogP contribution < -0.4 is 5.73 Å². The van der Waals surface area contributed by atoms with Gasteiger partial charge in [0, 0.05) is 17.5 Å². The average molecular weight is 310 g/mol. The highest BCUT2D eigenvalue weighted by atomic mass is 16.6. The first-order chi connectivity index (χ1) is 10.0. The highest BCUT2D eigenvalue weighted by molar-refractivity contribution is 5.80. The molecule has 1 aliphatic heterocycles. The molecule has 2 aliphatic rings. The minimum atomic E-state index is -0.608. The maximum absolute atomic E-state index is 12.7. The lowest BCUT2D eigenvalue weighted by molar-refractivity contribution is -0.127. The van der Waals surface area contributed by atoms with Crippen LogP contribution in [0.15, 0.2) is 0 Å². The van der Waals surface area contributed by atoms with Crippen LogP contribution in [0.25, 0.3) is 0 Å². The van der Waals surface area contributed by atoms with Crippen molar-refractivity contribution in [2.45, 2.75) is 84.4 Å². The predicted octanol–water partition coefficient (Wildman–Crippen LogP) is 3.07. The normalized spacial score (nSPS) is 28.6. The molecule has 2 rings (SSSR count). The van der Waals surface area contributed by atoms with Crippen LogP contribution in [-0.2, 0) is 9.53 Å². The Balaban J connectivity index is 2.17. The monoisotopic (exact) mass is 310 g/mol. The van der Waals surface area contributed by atoms with Gasteiger partial charge in [-0.15, -0.1) is 0 Å². The molecule has 1 heterocycles. The van der Waals surface area contributed by atoms with Gasteiger partial charge in [-0.1, -0.05) is 20.3 Å². The van der Waals surface area contributed by atoms with E-state index in [-0.39, 0.29) is 24.1 Å².